The molecule has 0 aliphatic carbocycles. The molecule has 0 atom stereocenters. The average Bonchev–Trinajstić information content (AvgIpc) is 2.39. The standard InChI is InChI=1S/C13H16N4/c1-17(2)12-8-11(9-14)15-13(16-12)10-6-4-3-5-7-10/h3-8H,9,14H2,1-2H3. The second-order valence-corrected chi connectivity index (χ2v) is 4.01. The topological polar surface area (TPSA) is 55.0 Å². The molecule has 1 aromatic carbocycles. The summed E-state index contributed by atoms with van der Waals surface area (Å²) in [5, 5.41) is 0. The SMILES string of the molecule is CN(C)c1cc(CN)nc(-c2ccccc2)n1. The molecule has 0 unspecified atom stereocenters. The molecule has 0 saturated heterocycles. The summed E-state index contributed by atoms with van der Waals surface area (Å²) >= 11 is 0. The van der Waals surface area contributed by atoms with Crippen LogP contribution in [0.25, 0.3) is 11.4 Å². The molecule has 0 saturated carbocycles. The highest BCUT2D eigenvalue weighted by molar-refractivity contribution is 5.57. The van der Waals surface area contributed by atoms with Crippen molar-refractivity contribution in [1.82, 2.24) is 9.97 Å². The summed E-state index contributed by atoms with van der Waals surface area (Å²) in [6.07, 6.45) is 0. The van der Waals surface area contributed by atoms with Crippen LogP contribution in [0.3, 0.4) is 0 Å². The Bertz CT molecular complexity index is 494. The third-order valence-corrected chi connectivity index (χ3v) is 2.46. The summed E-state index contributed by atoms with van der Waals surface area (Å²) in [6.45, 7) is 0.420. The minimum absolute atomic E-state index is 0.420. The van der Waals surface area contributed by atoms with Crippen LogP contribution in [0.15, 0.2) is 36.4 Å². The van der Waals surface area contributed by atoms with E-state index in [0.717, 1.165) is 22.9 Å². The van der Waals surface area contributed by atoms with Crippen LogP contribution >= 0.6 is 0 Å². The fourth-order valence-electron chi connectivity index (χ4n) is 1.53. The zero-order valence-electron chi connectivity index (χ0n) is 10.1. The second kappa shape index (κ2) is 4.93. The van der Waals surface area contributed by atoms with Crippen LogP contribution < -0.4 is 10.6 Å². The molecule has 17 heavy (non-hydrogen) atoms. The van der Waals surface area contributed by atoms with Gasteiger partial charge in [0.05, 0.1) is 5.69 Å². The summed E-state index contributed by atoms with van der Waals surface area (Å²) in [5.74, 6) is 1.59. The van der Waals surface area contributed by atoms with Gasteiger partial charge in [0.15, 0.2) is 5.82 Å². The maximum atomic E-state index is 5.66. The molecule has 0 spiro atoms. The first-order valence-corrected chi connectivity index (χ1v) is 5.51. The number of aromatic nitrogens is 2. The van der Waals surface area contributed by atoms with Crippen molar-refractivity contribution in [2.75, 3.05) is 19.0 Å². The van der Waals surface area contributed by atoms with E-state index in [1.165, 1.54) is 0 Å². The number of benzene rings is 1. The van der Waals surface area contributed by atoms with Gasteiger partial charge in [0.1, 0.15) is 5.82 Å². The van der Waals surface area contributed by atoms with Crippen LogP contribution in [-0.4, -0.2) is 24.1 Å². The second-order valence-electron chi connectivity index (χ2n) is 4.01. The number of nitrogens with two attached hydrogens (primary N) is 1. The Morgan fingerprint density at radius 2 is 1.82 bits per heavy atom. The first-order chi connectivity index (χ1) is 8.20. The van der Waals surface area contributed by atoms with Crippen LogP contribution in [0, 0.1) is 0 Å². The minimum atomic E-state index is 0.420. The Morgan fingerprint density at radius 1 is 1.12 bits per heavy atom. The molecule has 1 heterocycles. The minimum Gasteiger partial charge on any atom is -0.363 e. The fourth-order valence-corrected chi connectivity index (χ4v) is 1.53. The molecular formula is C13H16N4. The molecule has 2 rings (SSSR count). The molecule has 88 valence electrons. The smallest absolute Gasteiger partial charge is 0.161 e. The van der Waals surface area contributed by atoms with Gasteiger partial charge in [0, 0.05) is 32.3 Å². The quantitative estimate of drug-likeness (QED) is 0.868. The van der Waals surface area contributed by atoms with Crippen molar-refractivity contribution in [1.29, 1.82) is 0 Å². The summed E-state index contributed by atoms with van der Waals surface area (Å²) < 4.78 is 0. The number of nitrogens with zero attached hydrogens (tertiary/aromatic N) is 3. The zero-order valence-corrected chi connectivity index (χ0v) is 10.1. The van der Waals surface area contributed by atoms with Crippen LogP contribution in [0.2, 0.25) is 0 Å². The van der Waals surface area contributed by atoms with E-state index in [1.54, 1.807) is 0 Å². The molecular weight excluding hydrogens is 212 g/mol. The fraction of sp³-hybridized carbons (Fsp3) is 0.231. The predicted molar refractivity (Wildman–Crippen MR) is 69.7 cm³/mol. The molecule has 1 aromatic heterocycles. The van der Waals surface area contributed by atoms with Gasteiger partial charge in [-0.2, -0.15) is 0 Å². The third kappa shape index (κ3) is 2.60. The Balaban J connectivity index is 2.50. The van der Waals surface area contributed by atoms with Crippen LogP contribution in [-0.2, 0) is 6.54 Å². The molecule has 0 aliphatic rings. The van der Waals surface area contributed by atoms with E-state index in [4.69, 9.17) is 5.73 Å². The van der Waals surface area contributed by atoms with E-state index < -0.39 is 0 Å². The van der Waals surface area contributed by atoms with E-state index in [-0.39, 0.29) is 0 Å². The van der Waals surface area contributed by atoms with Gasteiger partial charge in [-0.1, -0.05) is 30.3 Å². The van der Waals surface area contributed by atoms with Crippen LogP contribution in [0.1, 0.15) is 5.69 Å². The summed E-state index contributed by atoms with van der Waals surface area (Å²) in [6, 6.07) is 11.8. The van der Waals surface area contributed by atoms with E-state index in [1.807, 2.05) is 55.4 Å². The van der Waals surface area contributed by atoms with Crippen molar-refractivity contribution in [3.8, 4) is 11.4 Å². The largest absolute Gasteiger partial charge is 0.363 e. The van der Waals surface area contributed by atoms with Gasteiger partial charge in [0.2, 0.25) is 0 Å². The number of hydrogen-bond donors (Lipinski definition) is 1. The van der Waals surface area contributed by atoms with E-state index >= 15 is 0 Å². The molecule has 2 aromatic rings. The highest BCUT2D eigenvalue weighted by Gasteiger charge is 2.06. The molecule has 0 fully saturated rings. The van der Waals surface area contributed by atoms with Gasteiger partial charge in [-0.05, 0) is 0 Å². The van der Waals surface area contributed by atoms with Gasteiger partial charge >= 0.3 is 0 Å². The number of hydrogen-bond acceptors (Lipinski definition) is 4. The predicted octanol–water partition coefficient (Wildman–Crippen LogP) is 1.67. The summed E-state index contributed by atoms with van der Waals surface area (Å²) in [5.41, 5.74) is 7.51. The lowest BCUT2D eigenvalue weighted by molar-refractivity contribution is 0.949. The monoisotopic (exact) mass is 228 g/mol. The van der Waals surface area contributed by atoms with Crippen molar-refractivity contribution < 1.29 is 0 Å². The van der Waals surface area contributed by atoms with Crippen molar-refractivity contribution in [3.05, 3.63) is 42.1 Å². The molecule has 4 heteroatoms. The first kappa shape index (κ1) is 11.5. The highest BCUT2D eigenvalue weighted by Crippen LogP contribution is 2.18. The van der Waals surface area contributed by atoms with Crippen molar-refractivity contribution in [2.24, 2.45) is 5.73 Å². The van der Waals surface area contributed by atoms with Gasteiger partial charge < -0.3 is 10.6 Å². The van der Waals surface area contributed by atoms with Gasteiger partial charge in [-0.15, -0.1) is 0 Å². The summed E-state index contributed by atoms with van der Waals surface area (Å²) in [7, 11) is 3.91. The molecule has 0 amide bonds. The Morgan fingerprint density at radius 3 is 2.41 bits per heavy atom. The molecule has 0 radical (unpaired) electrons. The Kier molecular flexibility index (Phi) is 3.35. The van der Waals surface area contributed by atoms with Crippen LogP contribution in [0.4, 0.5) is 5.82 Å². The molecule has 0 bridgehead atoms. The van der Waals surface area contributed by atoms with Crippen molar-refractivity contribution in [3.63, 3.8) is 0 Å². The van der Waals surface area contributed by atoms with Gasteiger partial charge in [-0.3, -0.25) is 0 Å². The van der Waals surface area contributed by atoms with Crippen molar-refractivity contribution in [2.45, 2.75) is 6.54 Å². The van der Waals surface area contributed by atoms with Gasteiger partial charge in [-0.25, -0.2) is 9.97 Å². The lowest BCUT2D eigenvalue weighted by atomic mass is 10.2. The lowest BCUT2D eigenvalue weighted by Gasteiger charge is -2.13. The van der Waals surface area contributed by atoms with E-state index in [2.05, 4.69) is 9.97 Å². The van der Waals surface area contributed by atoms with E-state index in [0.29, 0.717) is 6.54 Å². The maximum Gasteiger partial charge on any atom is 0.161 e. The zero-order chi connectivity index (χ0) is 12.3. The molecule has 0 aliphatic heterocycles. The molecule has 4 nitrogen and oxygen atoms in total. The van der Waals surface area contributed by atoms with E-state index in [9.17, 15) is 0 Å². The van der Waals surface area contributed by atoms with Crippen molar-refractivity contribution >= 4 is 5.82 Å². The Hall–Kier alpha value is -1.94. The maximum absolute atomic E-state index is 5.66. The number of anilines is 1. The molecule has 2 N–H and O–H groups in total. The average molecular weight is 228 g/mol. The lowest BCUT2D eigenvalue weighted by Crippen LogP contribution is -2.13. The Labute approximate surface area is 101 Å². The van der Waals surface area contributed by atoms with Gasteiger partial charge in [0.25, 0.3) is 0 Å². The first-order valence-electron chi connectivity index (χ1n) is 5.51. The summed E-state index contributed by atoms with van der Waals surface area (Å²) in [4.78, 5) is 10.9. The highest BCUT2D eigenvalue weighted by atomic mass is 15.1. The van der Waals surface area contributed by atoms with Crippen LogP contribution in [0.5, 0.6) is 0 Å². The third-order valence-electron chi connectivity index (χ3n) is 2.46. The number of rotatable bonds is 3. The normalized spacial score (nSPS) is 10.3.